The van der Waals surface area contributed by atoms with Crippen LogP contribution in [0.15, 0.2) is 18.5 Å². The monoisotopic (exact) mass is 244 g/mol. The highest BCUT2D eigenvalue weighted by Gasteiger charge is 2.24. The molecule has 0 aliphatic carbocycles. The second-order valence-electron chi connectivity index (χ2n) is 4.81. The van der Waals surface area contributed by atoms with Gasteiger partial charge < -0.3 is 9.69 Å². The molecule has 1 unspecified atom stereocenters. The van der Waals surface area contributed by atoms with Crippen LogP contribution in [0.3, 0.4) is 0 Å². The number of pyridine rings is 1. The second-order valence-corrected chi connectivity index (χ2v) is 4.81. The number of piperidine rings is 1. The summed E-state index contributed by atoms with van der Waals surface area (Å²) in [4.78, 5) is 17.6. The lowest BCUT2D eigenvalue weighted by molar-refractivity contribution is -0.109. The zero-order chi connectivity index (χ0) is 12.5. The summed E-state index contributed by atoms with van der Waals surface area (Å²) in [5.74, 6) is 0.972. The summed E-state index contributed by atoms with van der Waals surface area (Å²) >= 11 is 0. The van der Waals surface area contributed by atoms with Gasteiger partial charge in [-0.15, -0.1) is 0 Å². The highest BCUT2D eigenvalue weighted by atomic mass is 16.1. The molecule has 0 aromatic carbocycles. The Kier molecular flexibility index (Phi) is 2.74. The molecule has 0 radical (unpaired) electrons. The third kappa shape index (κ3) is 1.75. The van der Waals surface area contributed by atoms with Gasteiger partial charge in [0, 0.05) is 6.54 Å². The van der Waals surface area contributed by atoms with Gasteiger partial charge in [0.15, 0.2) is 5.65 Å². The number of hydrogen-bond donors (Lipinski definition) is 0. The number of fused-ring (bicyclic) bond motifs is 1. The number of hydrogen-bond acceptors (Lipinski definition) is 4. The van der Waals surface area contributed by atoms with Crippen LogP contribution in [-0.2, 0) is 4.79 Å². The van der Waals surface area contributed by atoms with Crippen molar-refractivity contribution in [1.29, 1.82) is 0 Å². The molecule has 0 N–H and O–H groups in total. The van der Waals surface area contributed by atoms with Gasteiger partial charge in [-0.05, 0) is 43.9 Å². The molecule has 0 bridgehead atoms. The Labute approximate surface area is 105 Å². The van der Waals surface area contributed by atoms with E-state index in [1.807, 2.05) is 17.5 Å². The first-order valence-corrected chi connectivity index (χ1v) is 6.32. The zero-order valence-corrected chi connectivity index (χ0v) is 10.4. The van der Waals surface area contributed by atoms with Crippen molar-refractivity contribution in [3.63, 3.8) is 0 Å². The van der Waals surface area contributed by atoms with Crippen LogP contribution in [0.25, 0.3) is 5.65 Å². The average Bonchev–Trinajstić information content (AvgIpc) is 2.85. The van der Waals surface area contributed by atoms with Gasteiger partial charge >= 0.3 is 0 Å². The van der Waals surface area contributed by atoms with Crippen molar-refractivity contribution in [1.82, 2.24) is 14.6 Å². The van der Waals surface area contributed by atoms with Crippen molar-refractivity contribution in [2.75, 3.05) is 11.4 Å². The van der Waals surface area contributed by atoms with Gasteiger partial charge in [-0.2, -0.15) is 9.61 Å². The molecule has 0 amide bonds. The summed E-state index contributed by atoms with van der Waals surface area (Å²) in [6, 6.07) is 4.04. The molecule has 1 saturated heterocycles. The SMILES string of the molecule is Cc1cc(N2CCCCC2C=O)n2ncnc2c1. The minimum absolute atomic E-state index is 0.0343. The van der Waals surface area contributed by atoms with Gasteiger partial charge in [0.1, 0.15) is 18.4 Å². The van der Waals surface area contributed by atoms with Crippen LogP contribution in [0.2, 0.25) is 0 Å². The summed E-state index contributed by atoms with van der Waals surface area (Å²) in [6.45, 7) is 2.94. The predicted molar refractivity (Wildman–Crippen MR) is 68.8 cm³/mol. The maximum Gasteiger partial charge on any atom is 0.157 e. The summed E-state index contributed by atoms with van der Waals surface area (Å²) in [5.41, 5.74) is 1.97. The first-order valence-electron chi connectivity index (χ1n) is 6.32. The third-order valence-corrected chi connectivity index (χ3v) is 3.51. The van der Waals surface area contributed by atoms with Crippen molar-refractivity contribution in [2.45, 2.75) is 32.2 Å². The molecule has 2 aromatic rings. The molecular weight excluding hydrogens is 228 g/mol. The van der Waals surface area contributed by atoms with Gasteiger partial charge in [-0.25, -0.2) is 4.98 Å². The van der Waals surface area contributed by atoms with E-state index in [-0.39, 0.29) is 6.04 Å². The normalized spacial score (nSPS) is 20.3. The fraction of sp³-hybridized carbons (Fsp3) is 0.462. The number of aryl methyl sites for hydroxylation is 1. The van der Waals surface area contributed by atoms with Gasteiger partial charge in [-0.3, -0.25) is 0 Å². The zero-order valence-electron chi connectivity index (χ0n) is 10.4. The largest absolute Gasteiger partial charge is 0.347 e. The van der Waals surface area contributed by atoms with E-state index in [0.29, 0.717) is 0 Å². The summed E-state index contributed by atoms with van der Waals surface area (Å²) in [7, 11) is 0. The molecule has 3 heterocycles. The van der Waals surface area contributed by atoms with Gasteiger partial charge in [0.2, 0.25) is 0 Å². The Morgan fingerprint density at radius 3 is 3.11 bits per heavy atom. The van der Waals surface area contributed by atoms with Crippen LogP contribution in [0.5, 0.6) is 0 Å². The molecule has 1 aliphatic rings. The highest BCUT2D eigenvalue weighted by molar-refractivity contribution is 5.66. The number of anilines is 1. The third-order valence-electron chi connectivity index (χ3n) is 3.51. The molecule has 18 heavy (non-hydrogen) atoms. The molecule has 1 fully saturated rings. The van der Waals surface area contributed by atoms with Crippen molar-refractivity contribution < 1.29 is 4.79 Å². The van der Waals surface area contributed by atoms with Crippen molar-refractivity contribution in [3.05, 3.63) is 24.0 Å². The van der Waals surface area contributed by atoms with E-state index >= 15 is 0 Å². The minimum atomic E-state index is -0.0343. The van der Waals surface area contributed by atoms with Crippen molar-refractivity contribution in [2.24, 2.45) is 0 Å². The second kappa shape index (κ2) is 4.40. The molecule has 5 heteroatoms. The quantitative estimate of drug-likeness (QED) is 0.753. The van der Waals surface area contributed by atoms with Crippen LogP contribution >= 0.6 is 0 Å². The molecule has 94 valence electrons. The maximum absolute atomic E-state index is 11.2. The predicted octanol–water partition coefficient (Wildman–Crippen LogP) is 1.60. The Bertz CT molecular complexity index is 577. The lowest BCUT2D eigenvalue weighted by atomic mass is 10.0. The highest BCUT2D eigenvalue weighted by Crippen LogP contribution is 2.25. The Morgan fingerprint density at radius 1 is 1.39 bits per heavy atom. The standard InChI is InChI=1S/C13H16N4O/c1-10-6-12-14-9-15-17(12)13(7-10)16-5-3-2-4-11(16)8-18/h6-9,11H,2-5H2,1H3. The van der Waals surface area contributed by atoms with Crippen molar-refractivity contribution in [3.8, 4) is 0 Å². The molecule has 1 aliphatic heterocycles. The topological polar surface area (TPSA) is 50.5 Å². The fourth-order valence-electron chi connectivity index (χ4n) is 2.62. The molecule has 0 spiro atoms. The number of rotatable bonds is 2. The summed E-state index contributed by atoms with van der Waals surface area (Å²) in [5, 5.41) is 4.25. The van der Waals surface area contributed by atoms with E-state index in [2.05, 4.69) is 21.0 Å². The number of carbonyl (C=O) groups is 1. The van der Waals surface area contributed by atoms with Crippen LogP contribution in [-0.4, -0.2) is 33.5 Å². The van der Waals surface area contributed by atoms with E-state index in [4.69, 9.17) is 0 Å². The molecule has 5 nitrogen and oxygen atoms in total. The van der Waals surface area contributed by atoms with E-state index in [0.717, 1.165) is 49.1 Å². The average molecular weight is 244 g/mol. The first-order chi connectivity index (χ1) is 8.79. The minimum Gasteiger partial charge on any atom is -0.347 e. The molecular formula is C13H16N4O. The Morgan fingerprint density at radius 2 is 2.28 bits per heavy atom. The van der Waals surface area contributed by atoms with E-state index in [1.165, 1.54) is 0 Å². The Hall–Kier alpha value is -1.91. The first kappa shape index (κ1) is 11.2. The van der Waals surface area contributed by atoms with Crippen LogP contribution in [0.1, 0.15) is 24.8 Å². The summed E-state index contributed by atoms with van der Waals surface area (Å²) in [6.07, 6.45) is 5.76. The van der Waals surface area contributed by atoms with E-state index in [1.54, 1.807) is 6.33 Å². The lowest BCUT2D eigenvalue weighted by Gasteiger charge is -2.34. The van der Waals surface area contributed by atoms with Crippen molar-refractivity contribution >= 4 is 17.8 Å². The number of nitrogens with zero attached hydrogens (tertiary/aromatic N) is 4. The summed E-state index contributed by atoms with van der Waals surface area (Å²) < 4.78 is 1.81. The van der Waals surface area contributed by atoms with Crippen LogP contribution < -0.4 is 4.90 Å². The van der Waals surface area contributed by atoms with Gasteiger partial charge in [0.05, 0.1) is 6.04 Å². The number of carbonyl (C=O) groups excluding carboxylic acids is 1. The smallest absolute Gasteiger partial charge is 0.157 e. The molecule has 3 rings (SSSR count). The van der Waals surface area contributed by atoms with Crippen LogP contribution in [0, 0.1) is 6.92 Å². The van der Waals surface area contributed by atoms with Gasteiger partial charge in [-0.1, -0.05) is 0 Å². The number of aromatic nitrogens is 3. The maximum atomic E-state index is 11.2. The lowest BCUT2D eigenvalue weighted by Crippen LogP contribution is -2.41. The van der Waals surface area contributed by atoms with E-state index in [9.17, 15) is 4.79 Å². The molecule has 1 atom stereocenters. The fourth-order valence-corrected chi connectivity index (χ4v) is 2.62. The van der Waals surface area contributed by atoms with Gasteiger partial charge in [0.25, 0.3) is 0 Å². The van der Waals surface area contributed by atoms with Crippen LogP contribution in [0.4, 0.5) is 5.82 Å². The number of aldehydes is 1. The molecule has 0 saturated carbocycles. The van der Waals surface area contributed by atoms with E-state index < -0.39 is 0 Å². The molecule has 2 aromatic heterocycles. The Balaban J connectivity index is 2.11.